The van der Waals surface area contributed by atoms with Gasteiger partial charge in [0.15, 0.2) is 5.60 Å². The molecular weight excluding hydrogens is 285 g/mol. The van der Waals surface area contributed by atoms with Crippen LogP contribution in [0.15, 0.2) is 18.3 Å². The molecule has 1 fully saturated rings. The van der Waals surface area contributed by atoms with Crippen molar-refractivity contribution in [1.82, 2.24) is 9.88 Å². The number of halogens is 4. The number of carbonyl (C=O) groups is 1. The van der Waals surface area contributed by atoms with Crippen LogP contribution in [0.3, 0.4) is 0 Å². The van der Waals surface area contributed by atoms with Gasteiger partial charge in [0.25, 0.3) is 5.91 Å². The average molecular weight is 295 g/mol. The Kier molecular flexibility index (Phi) is 3.44. The highest BCUT2D eigenvalue weighted by molar-refractivity contribution is 6.30. The highest BCUT2D eigenvalue weighted by Gasteiger charge is 2.57. The normalized spacial score (nSPS) is 23.7. The van der Waals surface area contributed by atoms with Crippen LogP contribution in [0.25, 0.3) is 0 Å². The lowest BCUT2D eigenvalue weighted by atomic mass is 10.0. The topological polar surface area (TPSA) is 53.4 Å². The van der Waals surface area contributed by atoms with E-state index in [0.29, 0.717) is 0 Å². The number of aliphatic hydroxyl groups is 1. The van der Waals surface area contributed by atoms with Crippen LogP contribution in [0, 0.1) is 0 Å². The molecule has 0 radical (unpaired) electrons. The van der Waals surface area contributed by atoms with Gasteiger partial charge in [0.1, 0.15) is 5.69 Å². The Labute approximate surface area is 111 Å². The molecule has 1 aliphatic rings. The van der Waals surface area contributed by atoms with E-state index in [1.54, 1.807) is 0 Å². The minimum atomic E-state index is -4.76. The van der Waals surface area contributed by atoms with E-state index in [1.807, 2.05) is 0 Å². The third-order valence-corrected chi connectivity index (χ3v) is 3.24. The standard InChI is InChI=1S/C11H10ClF3N2O2/c12-7-1-3-16-8(5-7)9(18)17-4-2-10(19,6-17)11(13,14)15/h1,3,5,19H,2,4,6H2/t10-/m0/s1. The Morgan fingerprint density at radius 2 is 2.21 bits per heavy atom. The summed E-state index contributed by atoms with van der Waals surface area (Å²) in [5, 5.41) is 9.75. The van der Waals surface area contributed by atoms with Crippen molar-refractivity contribution in [1.29, 1.82) is 0 Å². The van der Waals surface area contributed by atoms with Crippen LogP contribution in [0.4, 0.5) is 13.2 Å². The third-order valence-electron chi connectivity index (χ3n) is 3.00. The zero-order valence-electron chi connectivity index (χ0n) is 9.62. The number of likely N-dealkylation sites (tertiary alicyclic amines) is 1. The van der Waals surface area contributed by atoms with E-state index in [-0.39, 0.29) is 17.3 Å². The van der Waals surface area contributed by atoms with Gasteiger partial charge in [-0.05, 0) is 12.1 Å². The van der Waals surface area contributed by atoms with E-state index in [0.717, 1.165) is 4.90 Å². The second-order valence-corrected chi connectivity index (χ2v) is 4.80. The van der Waals surface area contributed by atoms with Gasteiger partial charge < -0.3 is 10.0 Å². The maximum Gasteiger partial charge on any atom is 0.419 e. The number of amides is 1. The largest absolute Gasteiger partial charge is 0.419 e. The summed E-state index contributed by atoms with van der Waals surface area (Å²) < 4.78 is 37.9. The Hall–Kier alpha value is -1.34. The Morgan fingerprint density at radius 3 is 2.74 bits per heavy atom. The predicted octanol–water partition coefficient (Wildman–Crippen LogP) is 1.87. The molecule has 4 nitrogen and oxygen atoms in total. The fourth-order valence-electron chi connectivity index (χ4n) is 1.88. The van der Waals surface area contributed by atoms with Crippen molar-refractivity contribution in [2.75, 3.05) is 13.1 Å². The number of alkyl halides is 3. The summed E-state index contributed by atoms with van der Waals surface area (Å²) in [4.78, 5) is 16.6. The summed E-state index contributed by atoms with van der Waals surface area (Å²) in [7, 11) is 0. The van der Waals surface area contributed by atoms with Crippen LogP contribution in [0.1, 0.15) is 16.9 Å². The van der Waals surface area contributed by atoms with E-state index < -0.39 is 30.7 Å². The lowest BCUT2D eigenvalue weighted by Gasteiger charge is -2.25. The van der Waals surface area contributed by atoms with Crippen molar-refractivity contribution in [2.45, 2.75) is 18.2 Å². The van der Waals surface area contributed by atoms with Crippen LogP contribution in [-0.4, -0.2) is 45.8 Å². The van der Waals surface area contributed by atoms with Crippen molar-refractivity contribution in [3.05, 3.63) is 29.0 Å². The first-order valence-electron chi connectivity index (χ1n) is 5.43. The van der Waals surface area contributed by atoms with Crippen LogP contribution in [0.5, 0.6) is 0 Å². The molecule has 0 spiro atoms. The number of pyridine rings is 1. The molecule has 1 aromatic heterocycles. The Morgan fingerprint density at radius 1 is 1.53 bits per heavy atom. The predicted molar refractivity (Wildman–Crippen MR) is 60.8 cm³/mol. The second kappa shape index (κ2) is 4.64. The molecule has 0 bridgehead atoms. The van der Waals surface area contributed by atoms with Crippen molar-refractivity contribution >= 4 is 17.5 Å². The van der Waals surface area contributed by atoms with Crippen molar-refractivity contribution in [3.8, 4) is 0 Å². The van der Waals surface area contributed by atoms with E-state index in [4.69, 9.17) is 11.6 Å². The molecule has 1 N–H and O–H groups in total. The lowest BCUT2D eigenvalue weighted by Crippen LogP contribution is -2.48. The number of hydrogen-bond donors (Lipinski definition) is 1. The van der Waals surface area contributed by atoms with E-state index in [1.165, 1.54) is 18.3 Å². The SMILES string of the molecule is O=C(c1cc(Cl)ccn1)N1CC[C@@](O)(C(F)(F)F)C1. The molecule has 104 valence electrons. The smallest absolute Gasteiger partial charge is 0.379 e. The van der Waals surface area contributed by atoms with Gasteiger partial charge in [-0.25, -0.2) is 0 Å². The number of nitrogens with zero attached hydrogens (tertiary/aromatic N) is 2. The fraction of sp³-hybridized carbons (Fsp3) is 0.455. The Bertz CT molecular complexity index is 509. The monoisotopic (exact) mass is 294 g/mol. The number of rotatable bonds is 1. The minimum absolute atomic E-state index is 0.0427. The first-order chi connectivity index (χ1) is 8.73. The highest BCUT2D eigenvalue weighted by atomic mass is 35.5. The molecular formula is C11H10ClF3N2O2. The summed E-state index contributed by atoms with van der Waals surface area (Å²) in [5.74, 6) is -0.678. The van der Waals surface area contributed by atoms with Gasteiger partial charge in [0.2, 0.25) is 0 Å². The molecule has 0 aliphatic carbocycles. The molecule has 19 heavy (non-hydrogen) atoms. The molecule has 2 heterocycles. The average Bonchev–Trinajstić information content (AvgIpc) is 2.72. The molecule has 1 aromatic rings. The Balaban J connectivity index is 2.16. The maximum absolute atomic E-state index is 12.6. The summed E-state index contributed by atoms with van der Waals surface area (Å²) in [6, 6.07) is 2.73. The zero-order chi connectivity index (χ0) is 14.3. The van der Waals surface area contributed by atoms with Crippen molar-refractivity contribution < 1.29 is 23.1 Å². The maximum atomic E-state index is 12.6. The summed E-state index contributed by atoms with van der Waals surface area (Å²) >= 11 is 5.68. The fourth-order valence-corrected chi connectivity index (χ4v) is 2.04. The second-order valence-electron chi connectivity index (χ2n) is 4.37. The molecule has 8 heteroatoms. The molecule has 1 amide bonds. The highest BCUT2D eigenvalue weighted by Crippen LogP contribution is 2.37. The van der Waals surface area contributed by atoms with E-state index >= 15 is 0 Å². The van der Waals surface area contributed by atoms with Gasteiger partial charge in [-0.15, -0.1) is 0 Å². The third kappa shape index (κ3) is 2.66. The van der Waals surface area contributed by atoms with Gasteiger partial charge in [-0.3, -0.25) is 9.78 Å². The molecule has 2 rings (SSSR count). The number of carbonyl (C=O) groups excluding carboxylic acids is 1. The molecule has 0 saturated carbocycles. The number of hydrogen-bond acceptors (Lipinski definition) is 3. The summed E-state index contributed by atoms with van der Waals surface area (Å²) in [6.07, 6.45) is -4.01. The van der Waals surface area contributed by atoms with Gasteiger partial charge in [0.05, 0.1) is 6.54 Å². The van der Waals surface area contributed by atoms with Crippen molar-refractivity contribution in [2.24, 2.45) is 0 Å². The van der Waals surface area contributed by atoms with Crippen LogP contribution >= 0.6 is 11.6 Å². The number of β-amino-alcohol motifs (C(OH)–C–C–N with tert-alkyl or cyclic N) is 1. The summed E-state index contributed by atoms with van der Waals surface area (Å²) in [6.45, 7) is -0.966. The van der Waals surface area contributed by atoms with Crippen LogP contribution in [0.2, 0.25) is 5.02 Å². The lowest BCUT2D eigenvalue weighted by molar-refractivity contribution is -0.253. The van der Waals surface area contributed by atoms with Gasteiger partial charge in [0, 0.05) is 24.2 Å². The quantitative estimate of drug-likeness (QED) is 0.860. The van der Waals surface area contributed by atoms with Crippen molar-refractivity contribution in [3.63, 3.8) is 0 Å². The summed E-state index contributed by atoms with van der Waals surface area (Å²) in [5.41, 5.74) is -2.89. The first-order valence-corrected chi connectivity index (χ1v) is 5.81. The molecule has 0 unspecified atom stereocenters. The molecule has 1 aliphatic heterocycles. The van der Waals surface area contributed by atoms with Gasteiger partial charge >= 0.3 is 6.18 Å². The number of aromatic nitrogens is 1. The van der Waals surface area contributed by atoms with E-state index in [9.17, 15) is 23.1 Å². The van der Waals surface area contributed by atoms with Gasteiger partial charge in [-0.2, -0.15) is 13.2 Å². The van der Waals surface area contributed by atoms with Crippen LogP contribution in [-0.2, 0) is 0 Å². The molecule has 0 aromatic carbocycles. The zero-order valence-corrected chi connectivity index (χ0v) is 10.4. The van der Waals surface area contributed by atoms with E-state index in [2.05, 4.69) is 4.98 Å². The van der Waals surface area contributed by atoms with Crippen LogP contribution < -0.4 is 0 Å². The molecule has 1 atom stereocenters. The first kappa shape index (κ1) is 14.1. The minimum Gasteiger partial charge on any atom is -0.379 e. The van der Waals surface area contributed by atoms with Gasteiger partial charge in [-0.1, -0.05) is 11.6 Å². The molecule has 1 saturated heterocycles.